The third-order valence-electron chi connectivity index (χ3n) is 2.13. The molecule has 1 rings (SSSR count). The fourth-order valence-electron chi connectivity index (χ4n) is 1.36. The molecular formula is C12H15NO. The van der Waals surface area contributed by atoms with E-state index in [2.05, 4.69) is 6.07 Å². The van der Waals surface area contributed by atoms with Crippen LogP contribution in [0.3, 0.4) is 0 Å². The topological polar surface area (TPSA) is 33.0 Å². The number of hydrogen-bond acceptors (Lipinski definition) is 2. The molecule has 0 spiro atoms. The van der Waals surface area contributed by atoms with Crippen LogP contribution < -0.4 is 4.74 Å². The van der Waals surface area contributed by atoms with Crippen LogP contribution in [0.1, 0.15) is 19.4 Å². The number of benzene rings is 1. The van der Waals surface area contributed by atoms with Crippen molar-refractivity contribution in [3.63, 3.8) is 0 Å². The van der Waals surface area contributed by atoms with Crippen LogP contribution in [0.15, 0.2) is 24.3 Å². The Labute approximate surface area is 85.1 Å². The zero-order chi connectivity index (χ0) is 10.6. The van der Waals surface area contributed by atoms with Crippen molar-refractivity contribution in [2.45, 2.75) is 20.3 Å². The van der Waals surface area contributed by atoms with E-state index in [0.29, 0.717) is 6.42 Å². The lowest BCUT2D eigenvalue weighted by Gasteiger charge is -2.16. The molecule has 0 atom stereocenters. The lowest BCUT2D eigenvalue weighted by molar-refractivity contribution is 0.399. The lowest BCUT2D eigenvalue weighted by atomic mass is 9.87. The SMILES string of the molecule is COc1ccccc1CC(C)(C)C#N. The molecule has 0 saturated heterocycles. The van der Waals surface area contributed by atoms with Gasteiger partial charge < -0.3 is 4.74 Å². The average molecular weight is 189 g/mol. The first-order chi connectivity index (χ1) is 6.59. The van der Waals surface area contributed by atoms with Gasteiger partial charge in [-0.25, -0.2) is 0 Å². The normalized spacial score (nSPS) is 10.7. The van der Waals surface area contributed by atoms with Gasteiger partial charge in [-0.2, -0.15) is 5.26 Å². The molecule has 0 unspecified atom stereocenters. The minimum Gasteiger partial charge on any atom is -0.496 e. The molecule has 0 saturated carbocycles. The van der Waals surface area contributed by atoms with E-state index in [9.17, 15) is 0 Å². The zero-order valence-corrected chi connectivity index (χ0v) is 8.87. The predicted octanol–water partition coefficient (Wildman–Crippen LogP) is 2.79. The van der Waals surface area contributed by atoms with Crippen molar-refractivity contribution in [2.24, 2.45) is 5.41 Å². The summed E-state index contributed by atoms with van der Waals surface area (Å²) >= 11 is 0. The van der Waals surface area contributed by atoms with Crippen LogP contribution in [0.2, 0.25) is 0 Å². The number of nitrogens with zero attached hydrogens (tertiary/aromatic N) is 1. The second-order valence-electron chi connectivity index (χ2n) is 3.98. The van der Waals surface area contributed by atoms with Crippen molar-refractivity contribution in [3.05, 3.63) is 29.8 Å². The summed E-state index contributed by atoms with van der Waals surface area (Å²) in [4.78, 5) is 0. The average Bonchev–Trinajstić information content (AvgIpc) is 2.18. The Morgan fingerprint density at radius 3 is 2.57 bits per heavy atom. The van der Waals surface area contributed by atoms with Crippen molar-refractivity contribution in [3.8, 4) is 11.8 Å². The molecule has 0 N–H and O–H groups in total. The fourth-order valence-corrected chi connectivity index (χ4v) is 1.36. The monoisotopic (exact) mass is 189 g/mol. The van der Waals surface area contributed by atoms with Crippen LogP contribution in [0.5, 0.6) is 5.75 Å². The van der Waals surface area contributed by atoms with E-state index in [0.717, 1.165) is 11.3 Å². The highest BCUT2D eigenvalue weighted by molar-refractivity contribution is 5.34. The Morgan fingerprint density at radius 1 is 1.36 bits per heavy atom. The van der Waals surface area contributed by atoms with Crippen LogP contribution in [-0.4, -0.2) is 7.11 Å². The van der Waals surface area contributed by atoms with E-state index in [1.807, 2.05) is 38.1 Å². The van der Waals surface area contributed by atoms with E-state index < -0.39 is 0 Å². The van der Waals surface area contributed by atoms with E-state index in [1.54, 1.807) is 7.11 Å². The number of rotatable bonds is 3. The molecule has 1 aromatic rings. The molecule has 0 aliphatic rings. The Balaban J connectivity index is 2.92. The van der Waals surface area contributed by atoms with Gasteiger partial charge in [-0.15, -0.1) is 0 Å². The highest BCUT2D eigenvalue weighted by Gasteiger charge is 2.19. The molecule has 14 heavy (non-hydrogen) atoms. The maximum atomic E-state index is 8.93. The van der Waals surface area contributed by atoms with Crippen molar-refractivity contribution in [1.82, 2.24) is 0 Å². The molecule has 0 aromatic heterocycles. The van der Waals surface area contributed by atoms with E-state index in [4.69, 9.17) is 10.00 Å². The Bertz CT molecular complexity index is 350. The highest BCUT2D eigenvalue weighted by Crippen LogP contribution is 2.26. The predicted molar refractivity (Wildman–Crippen MR) is 56.1 cm³/mol. The zero-order valence-electron chi connectivity index (χ0n) is 8.87. The summed E-state index contributed by atoms with van der Waals surface area (Å²) in [6.07, 6.45) is 0.716. The molecule has 0 amide bonds. The van der Waals surface area contributed by atoms with Crippen molar-refractivity contribution in [1.29, 1.82) is 5.26 Å². The molecule has 2 heteroatoms. The molecule has 2 nitrogen and oxygen atoms in total. The number of nitriles is 1. The smallest absolute Gasteiger partial charge is 0.122 e. The van der Waals surface area contributed by atoms with Gasteiger partial charge in [-0.3, -0.25) is 0 Å². The lowest BCUT2D eigenvalue weighted by Crippen LogP contribution is -2.12. The van der Waals surface area contributed by atoms with Gasteiger partial charge in [0.05, 0.1) is 18.6 Å². The van der Waals surface area contributed by atoms with Gasteiger partial charge >= 0.3 is 0 Å². The summed E-state index contributed by atoms with van der Waals surface area (Å²) in [7, 11) is 1.65. The third-order valence-corrected chi connectivity index (χ3v) is 2.13. The van der Waals surface area contributed by atoms with Crippen LogP contribution >= 0.6 is 0 Å². The Hall–Kier alpha value is -1.49. The number of ether oxygens (including phenoxy) is 1. The minimum absolute atomic E-state index is 0.339. The van der Waals surface area contributed by atoms with Gasteiger partial charge in [-0.05, 0) is 31.9 Å². The third kappa shape index (κ3) is 2.50. The van der Waals surface area contributed by atoms with Gasteiger partial charge in [0.2, 0.25) is 0 Å². The summed E-state index contributed by atoms with van der Waals surface area (Å²) in [6.45, 7) is 3.86. The Kier molecular flexibility index (Phi) is 3.14. The van der Waals surface area contributed by atoms with E-state index in [-0.39, 0.29) is 5.41 Å². The van der Waals surface area contributed by atoms with Crippen molar-refractivity contribution >= 4 is 0 Å². The van der Waals surface area contributed by atoms with Gasteiger partial charge in [0.25, 0.3) is 0 Å². The van der Waals surface area contributed by atoms with Crippen molar-refractivity contribution < 1.29 is 4.74 Å². The maximum Gasteiger partial charge on any atom is 0.122 e. The fraction of sp³-hybridized carbons (Fsp3) is 0.417. The van der Waals surface area contributed by atoms with E-state index >= 15 is 0 Å². The number of hydrogen-bond donors (Lipinski definition) is 0. The first kappa shape index (κ1) is 10.6. The van der Waals surface area contributed by atoms with Crippen LogP contribution in [0.25, 0.3) is 0 Å². The van der Waals surface area contributed by atoms with Gasteiger partial charge in [0.15, 0.2) is 0 Å². The first-order valence-corrected chi connectivity index (χ1v) is 4.62. The standard InChI is InChI=1S/C12H15NO/c1-12(2,9-13)8-10-6-4-5-7-11(10)14-3/h4-7H,8H2,1-3H3. The molecular weight excluding hydrogens is 174 g/mol. The number of para-hydroxylation sites is 1. The first-order valence-electron chi connectivity index (χ1n) is 4.62. The molecule has 0 heterocycles. The second-order valence-corrected chi connectivity index (χ2v) is 3.98. The van der Waals surface area contributed by atoms with Crippen LogP contribution in [0.4, 0.5) is 0 Å². The largest absolute Gasteiger partial charge is 0.496 e. The summed E-state index contributed by atoms with van der Waals surface area (Å²) in [5.41, 5.74) is 0.746. The highest BCUT2D eigenvalue weighted by atomic mass is 16.5. The van der Waals surface area contributed by atoms with Gasteiger partial charge in [0, 0.05) is 0 Å². The van der Waals surface area contributed by atoms with Gasteiger partial charge in [0.1, 0.15) is 5.75 Å². The van der Waals surface area contributed by atoms with Crippen LogP contribution in [0, 0.1) is 16.7 Å². The molecule has 0 bridgehead atoms. The molecule has 0 aliphatic heterocycles. The molecule has 0 fully saturated rings. The Morgan fingerprint density at radius 2 is 2.00 bits per heavy atom. The second kappa shape index (κ2) is 4.15. The summed E-state index contributed by atoms with van der Waals surface area (Å²) in [5.74, 6) is 0.857. The summed E-state index contributed by atoms with van der Waals surface area (Å²) < 4.78 is 5.23. The molecule has 0 radical (unpaired) electrons. The summed E-state index contributed by atoms with van der Waals surface area (Å²) in [6, 6.07) is 10.1. The van der Waals surface area contributed by atoms with E-state index in [1.165, 1.54) is 0 Å². The maximum absolute atomic E-state index is 8.93. The quantitative estimate of drug-likeness (QED) is 0.732. The molecule has 0 aliphatic carbocycles. The minimum atomic E-state index is -0.339. The number of methoxy groups -OCH3 is 1. The molecule has 1 aromatic carbocycles. The van der Waals surface area contributed by atoms with Crippen LogP contribution in [-0.2, 0) is 6.42 Å². The van der Waals surface area contributed by atoms with Crippen molar-refractivity contribution in [2.75, 3.05) is 7.11 Å². The van der Waals surface area contributed by atoms with Gasteiger partial charge in [-0.1, -0.05) is 18.2 Å². The molecule has 74 valence electrons. The summed E-state index contributed by atoms with van der Waals surface area (Å²) in [5, 5.41) is 8.93.